The Bertz CT molecular complexity index is 932. The van der Waals surface area contributed by atoms with Crippen molar-refractivity contribution in [3.05, 3.63) is 53.2 Å². The molecule has 0 saturated carbocycles. The molecule has 1 amide bonds. The maximum Gasteiger partial charge on any atom is 0.354 e. The molecule has 8 heteroatoms. The Morgan fingerprint density at radius 1 is 1.31 bits per heavy atom. The number of hydrogen-bond donors (Lipinski definition) is 2. The number of aromatic nitrogens is 2. The molecule has 3 rings (SSSR count). The van der Waals surface area contributed by atoms with E-state index in [-0.39, 0.29) is 12.5 Å². The van der Waals surface area contributed by atoms with Gasteiger partial charge in [-0.2, -0.15) is 0 Å². The van der Waals surface area contributed by atoms with E-state index in [1.165, 1.54) is 18.4 Å². The number of methoxy groups -OCH3 is 1. The van der Waals surface area contributed by atoms with Crippen LogP contribution in [0.4, 0.5) is 5.13 Å². The first-order valence-electron chi connectivity index (χ1n) is 7.77. The van der Waals surface area contributed by atoms with Gasteiger partial charge in [0, 0.05) is 17.1 Å². The third kappa shape index (κ3) is 4.09. The number of carbonyl (C=O) groups excluding carboxylic acids is 2. The third-order valence-corrected chi connectivity index (χ3v) is 4.34. The maximum absolute atomic E-state index is 12.0. The van der Waals surface area contributed by atoms with Crippen LogP contribution in [0.25, 0.3) is 11.3 Å². The Morgan fingerprint density at radius 3 is 2.88 bits per heavy atom. The van der Waals surface area contributed by atoms with Crippen molar-refractivity contribution in [2.45, 2.75) is 6.92 Å². The second-order valence-electron chi connectivity index (χ2n) is 5.43. The van der Waals surface area contributed by atoms with Crippen molar-refractivity contribution in [2.75, 3.05) is 19.0 Å². The minimum atomic E-state index is -0.451. The van der Waals surface area contributed by atoms with Gasteiger partial charge in [-0.3, -0.25) is 10.1 Å². The number of anilines is 1. The van der Waals surface area contributed by atoms with Crippen LogP contribution >= 0.6 is 11.3 Å². The van der Waals surface area contributed by atoms with Crippen LogP contribution in [0.1, 0.15) is 16.1 Å². The minimum absolute atomic E-state index is 0.101. The molecule has 0 unspecified atom stereocenters. The molecule has 0 fully saturated rings. The van der Waals surface area contributed by atoms with Crippen LogP contribution in [0.2, 0.25) is 0 Å². The first-order valence-corrected chi connectivity index (χ1v) is 8.65. The van der Waals surface area contributed by atoms with Crippen molar-refractivity contribution in [3.63, 3.8) is 0 Å². The second kappa shape index (κ2) is 7.83. The Hall–Kier alpha value is -3.13. The number of nitrogens with one attached hydrogen (secondary N) is 2. The maximum atomic E-state index is 12.0. The van der Waals surface area contributed by atoms with Gasteiger partial charge < -0.3 is 14.5 Å². The molecule has 1 aromatic carbocycles. The summed E-state index contributed by atoms with van der Waals surface area (Å²) in [4.78, 5) is 30.7. The summed E-state index contributed by atoms with van der Waals surface area (Å²) in [7, 11) is 1.32. The van der Waals surface area contributed by atoms with Crippen molar-refractivity contribution < 1.29 is 19.1 Å². The molecule has 7 nitrogen and oxygen atoms in total. The van der Waals surface area contributed by atoms with Gasteiger partial charge in [0.15, 0.2) is 11.7 Å². The number of carbonyl (C=O) groups is 2. The molecule has 134 valence electrons. The van der Waals surface area contributed by atoms with Gasteiger partial charge in [-0.05, 0) is 24.6 Å². The second-order valence-corrected chi connectivity index (χ2v) is 6.29. The average molecular weight is 371 g/mol. The highest BCUT2D eigenvalue weighted by atomic mass is 32.1. The Kier molecular flexibility index (Phi) is 5.33. The molecule has 0 radical (unpaired) electrons. The molecule has 0 saturated heterocycles. The van der Waals surface area contributed by atoms with Crippen molar-refractivity contribution in [1.82, 2.24) is 9.97 Å². The van der Waals surface area contributed by atoms with Crippen LogP contribution in [0.15, 0.2) is 41.9 Å². The summed E-state index contributed by atoms with van der Waals surface area (Å²) >= 11 is 1.29. The lowest BCUT2D eigenvalue weighted by Gasteiger charge is -2.07. The topological polar surface area (TPSA) is 93.3 Å². The molecule has 2 aromatic heterocycles. The highest BCUT2D eigenvalue weighted by Crippen LogP contribution is 2.25. The normalized spacial score (nSPS) is 10.4. The van der Waals surface area contributed by atoms with E-state index in [0.717, 1.165) is 11.1 Å². The Morgan fingerprint density at radius 2 is 2.12 bits per heavy atom. The van der Waals surface area contributed by atoms with E-state index in [4.69, 9.17) is 4.74 Å². The number of rotatable bonds is 6. The quantitative estimate of drug-likeness (QED) is 0.649. The summed E-state index contributed by atoms with van der Waals surface area (Å²) in [5.41, 5.74) is 2.69. The van der Waals surface area contributed by atoms with E-state index in [2.05, 4.69) is 20.0 Å². The summed E-state index contributed by atoms with van der Waals surface area (Å²) in [6.07, 6.45) is 1.66. The third-order valence-electron chi connectivity index (χ3n) is 3.59. The average Bonchev–Trinajstić information content (AvgIpc) is 3.29. The molecule has 3 aromatic rings. The van der Waals surface area contributed by atoms with E-state index in [0.29, 0.717) is 22.3 Å². The van der Waals surface area contributed by atoms with Gasteiger partial charge in [0.1, 0.15) is 11.4 Å². The molecule has 0 aliphatic heterocycles. The number of aromatic amines is 1. The lowest BCUT2D eigenvalue weighted by Crippen LogP contribution is -2.20. The molecule has 0 bridgehead atoms. The van der Waals surface area contributed by atoms with Crippen LogP contribution in [-0.2, 0) is 9.53 Å². The molecule has 0 atom stereocenters. The van der Waals surface area contributed by atoms with E-state index < -0.39 is 5.97 Å². The predicted octanol–water partition coefficient (Wildman–Crippen LogP) is 3.25. The SMILES string of the molecule is COC(=O)c1cc(-c2csc(NC(=O)COc3ccccc3C)n2)c[nH]1. The van der Waals surface area contributed by atoms with E-state index in [9.17, 15) is 9.59 Å². The van der Waals surface area contributed by atoms with Crippen LogP contribution in [0, 0.1) is 6.92 Å². The number of thiazole rings is 1. The summed E-state index contributed by atoms with van der Waals surface area (Å²) in [5.74, 6) is -0.0722. The standard InChI is InChI=1S/C18H17N3O4S/c1-11-5-3-4-6-15(11)25-9-16(22)21-18-20-14(10-26-18)12-7-13(19-8-12)17(23)24-2/h3-8,10,19H,9H2,1-2H3,(H,20,21,22). The van der Waals surface area contributed by atoms with E-state index >= 15 is 0 Å². The largest absolute Gasteiger partial charge is 0.483 e. The van der Waals surface area contributed by atoms with Crippen molar-refractivity contribution >= 4 is 28.3 Å². The zero-order valence-corrected chi connectivity index (χ0v) is 15.1. The van der Waals surface area contributed by atoms with Crippen LogP contribution in [0.5, 0.6) is 5.75 Å². The smallest absolute Gasteiger partial charge is 0.354 e. The summed E-state index contributed by atoms with van der Waals surface area (Å²) < 4.78 is 10.2. The fraction of sp³-hybridized carbons (Fsp3) is 0.167. The molecule has 2 heterocycles. The number of hydrogen-bond acceptors (Lipinski definition) is 6. The molecular formula is C18H17N3O4S. The Labute approximate surface area is 154 Å². The number of H-pyrrole nitrogens is 1. The lowest BCUT2D eigenvalue weighted by atomic mass is 10.2. The van der Waals surface area contributed by atoms with Crippen molar-refractivity contribution in [3.8, 4) is 17.0 Å². The minimum Gasteiger partial charge on any atom is -0.483 e. The fourth-order valence-corrected chi connectivity index (χ4v) is 2.99. The van der Waals surface area contributed by atoms with Gasteiger partial charge in [-0.1, -0.05) is 18.2 Å². The zero-order valence-electron chi connectivity index (χ0n) is 14.2. The summed E-state index contributed by atoms with van der Waals surface area (Å²) in [6, 6.07) is 9.14. The summed E-state index contributed by atoms with van der Waals surface area (Å²) in [6.45, 7) is 1.82. The van der Waals surface area contributed by atoms with Gasteiger partial charge in [-0.25, -0.2) is 9.78 Å². The van der Waals surface area contributed by atoms with Gasteiger partial charge in [0.25, 0.3) is 5.91 Å². The number of aryl methyl sites for hydroxylation is 1. The number of esters is 1. The van der Waals surface area contributed by atoms with Crippen LogP contribution < -0.4 is 10.1 Å². The zero-order chi connectivity index (χ0) is 18.5. The molecule has 26 heavy (non-hydrogen) atoms. The van der Waals surface area contributed by atoms with Crippen molar-refractivity contribution in [1.29, 1.82) is 0 Å². The van der Waals surface area contributed by atoms with Crippen LogP contribution in [0.3, 0.4) is 0 Å². The van der Waals surface area contributed by atoms with Crippen LogP contribution in [-0.4, -0.2) is 35.6 Å². The van der Waals surface area contributed by atoms with Gasteiger partial charge in [-0.15, -0.1) is 11.3 Å². The van der Waals surface area contributed by atoms with E-state index in [1.807, 2.05) is 31.2 Å². The fourth-order valence-electron chi connectivity index (χ4n) is 2.25. The van der Waals surface area contributed by atoms with Gasteiger partial charge >= 0.3 is 5.97 Å². The Balaban J connectivity index is 1.59. The van der Waals surface area contributed by atoms with Crippen molar-refractivity contribution in [2.24, 2.45) is 0 Å². The first kappa shape index (κ1) is 17.7. The first-order chi connectivity index (χ1) is 12.6. The molecule has 2 N–H and O–H groups in total. The number of para-hydroxylation sites is 1. The van der Waals surface area contributed by atoms with Gasteiger partial charge in [0.05, 0.1) is 12.8 Å². The number of benzene rings is 1. The molecule has 0 spiro atoms. The lowest BCUT2D eigenvalue weighted by molar-refractivity contribution is -0.118. The highest BCUT2D eigenvalue weighted by Gasteiger charge is 2.13. The number of ether oxygens (including phenoxy) is 2. The number of nitrogens with zero attached hydrogens (tertiary/aromatic N) is 1. The number of amides is 1. The molecule has 0 aliphatic rings. The highest BCUT2D eigenvalue weighted by molar-refractivity contribution is 7.14. The predicted molar refractivity (Wildman–Crippen MR) is 98.5 cm³/mol. The molecular weight excluding hydrogens is 354 g/mol. The summed E-state index contributed by atoms with van der Waals surface area (Å²) in [5, 5.41) is 4.96. The van der Waals surface area contributed by atoms with Gasteiger partial charge in [0.2, 0.25) is 0 Å². The van der Waals surface area contributed by atoms with E-state index in [1.54, 1.807) is 17.6 Å². The monoisotopic (exact) mass is 371 g/mol. The molecule has 0 aliphatic carbocycles.